The Hall–Kier alpha value is -0.410. The Labute approximate surface area is 67.9 Å². The first-order valence-electron chi connectivity index (χ1n) is 3.95. The van der Waals surface area contributed by atoms with Crippen LogP contribution in [0, 0.1) is 0 Å². The van der Waals surface area contributed by atoms with E-state index >= 15 is 0 Å². The summed E-state index contributed by atoms with van der Waals surface area (Å²) in [5.74, 6) is 0.0494. The zero-order chi connectivity index (χ0) is 8.85. The minimum Gasteiger partial charge on any atom is -0.369 e. The molecule has 0 spiro atoms. The summed E-state index contributed by atoms with van der Waals surface area (Å²) in [6.45, 7) is 5.72. The highest BCUT2D eigenvalue weighted by molar-refractivity contribution is 5.79. The zero-order valence-electron chi connectivity index (χ0n) is 7.46. The molecule has 0 aromatic heterocycles. The molecule has 11 heavy (non-hydrogen) atoms. The molecule has 66 valence electrons. The van der Waals surface area contributed by atoms with Crippen LogP contribution in [0.25, 0.3) is 0 Å². The molecule has 0 aromatic carbocycles. The van der Waals surface area contributed by atoms with Crippen molar-refractivity contribution in [2.24, 2.45) is 5.73 Å². The highest BCUT2D eigenvalue weighted by atomic mass is 16.5. The van der Waals surface area contributed by atoms with Gasteiger partial charge in [-0.15, -0.1) is 0 Å². The number of ether oxygens (including phenoxy) is 1. The number of hydrogen-bond acceptors (Lipinski definition) is 3. The average molecular weight is 159 g/mol. The van der Waals surface area contributed by atoms with E-state index in [1.807, 2.05) is 6.92 Å². The number of Topliss-reactive ketones (excluding diaryl/α,β-unsaturated/α-hetero) is 1. The molecule has 0 aliphatic carbocycles. The van der Waals surface area contributed by atoms with Crippen molar-refractivity contribution >= 4 is 5.78 Å². The fraction of sp³-hybridized carbons (Fsp3) is 0.875. The van der Waals surface area contributed by atoms with Gasteiger partial charge >= 0.3 is 0 Å². The van der Waals surface area contributed by atoms with Gasteiger partial charge < -0.3 is 10.5 Å². The summed E-state index contributed by atoms with van der Waals surface area (Å²) in [5.41, 5.74) is 5.59. The summed E-state index contributed by atoms with van der Waals surface area (Å²) in [5, 5.41) is 0. The third-order valence-corrected chi connectivity index (χ3v) is 1.66. The summed E-state index contributed by atoms with van der Waals surface area (Å²) in [6.07, 6.45) is 0.567. The zero-order valence-corrected chi connectivity index (χ0v) is 7.46. The van der Waals surface area contributed by atoms with Gasteiger partial charge in [0.25, 0.3) is 0 Å². The van der Waals surface area contributed by atoms with Crippen LogP contribution in [0.3, 0.4) is 0 Å². The topological polar surface area (TPSA) is 52.3 Å². The molecule has 0 fully saturated rings. The predicted molar refractivity (Wildman–Crippen MR) is 44.4 cm³/mol. The maximum Gasteiger partial charge on any atom is 0.158 e. The molecule has 2 N–H and O–H groups in total. The van der Waals surface area contributed by atoms with Crippen molar-refractivity contribution in [3.8, 4) is 0 Å². The molecule has 0 bridgehead atoms. The minimum atomic E-state index is -0.312. The normalized spacial score (nSPS) is 16.0. The van der Waals surface area contributed by atoms with Crippen molar-refractivity contribution in [2.45, 2.75) is 39.3 Å². The highest BCUT2D eigenvalue weighted by Gasteiger charge is 2.08. The first kappa shape index (κ1) is 10.6. The summed E-state index contributed by atoms with van der Waals surface area (Å²) in [6, 6.07) is 0.0526. The van der Waals surface area contributed by atoms with Gasteiger partial charge in [-0.1, -0.05) is 6.92 Å². The van der Waals surface area contributed by atoms with Crippen molar-refractivity contribution in [1.29, 1.82) is 0 Å². The van der Waals surface area contributed by atoms with Crippen LogP contribution in [0.5, 0.6) is 0 Å². The average Bonchev–Trinajstić information content (AvgIpc) is 1.99. The van der Waals surface area contributed by atoms with Crippen LogP contribution in [0.1, 0.15) is 27.2 Å². The second-order valence-corrected chi connectivity index (χ2v) is 2.75. The van der Waals surface area contributed by atoms with Gasteiger partial charge in [-0.25, -0.2) is 0 Å². The quantitative estimate of drug-likeness (QED) is 0.643. The van der Waals surface area contributed by atoms with Gasteiger partial charge in [-0.3, -0.25) is 4.79 Å². The molecule has 0 saturated carbocycles. The lowest BCUT2D eigenvalue weighted by Gasteiger charge is -2.13. The number of nitrogens with two attached hydrogens (primary N) is 1. The van der Waals surface area contributed by atoms with E-state index in [2.05, 4.69) is 0 Å². The SMILES string of the molecule is CCC(N)COC(C)C(C)=O. The Bertz CT molecular complexity index is 125. The third-order valence-electron chi connectivity index (χ3n) is 1.66. The summed E-state index contributed by atoms with van der Waals surface area (Å²) >= 11 is 0. The van der Waals surface area contributed by atoms with E-state index < -0.39 is 0 Å². The van der Waals surface area contributed by atoms with Crippen molar-refractivity contribution in [3.05, 3.63) is 0 Å². The molecule has 0 radical (unpaired) electrons. The lowest BCUT2D eigenvalue weighted by Crippen LogP contribution is -2.29. The van der Waals surface area contributed by atoms with Crippen LogP contribution in [-0.2, 0) is 9.53 Å². The Kier molecular flexibility index (Phi) is 5.07. The molecule has 0 aromatic rings. The molecule has 0 aliphatic heterocycles. The van der Waals surface area contributed by atoms with E-state index in [0.29, 0.717) is 6.61 Å². The molecule has 0 saturated heterocycles. The van der Waals surface area contributed by atoms with E-state index in [-0.39, 0.29) is 17.9 Å². The second kappa shape index (κ2) is 5.27. The van der Waals surface area contributed by atoms with Gasteiger partial charge in [0.2, 0.25) is 0 Å². The van der Waals surface area contributed by atoms with Crippen LogP contribution in [0.4, 0.5) is 0 Å². The van der Waals surface area contributed by atoms with E-state index in [1.165, 1.54) is 6.92 Å². The Morgan fingerprint density at radius 3 is 2.55 bits per heavy atom. The number of hydrogen-bond donors (Lipinski definition) is 1. The largest absolute Gasteiger partial charge is 0.369 e. The maximum absolute atomic E-state index is 10.7. The van der Waals surface area contributed by atoms with Crippen LogP contribution in [-0.4, -0.2) is 24.5 Å². The van der Waals surface area contributed by atoms with Gasteiger partial charge in [-0.05, 0) is 20.3 Å². The molecule has 0 aliphatic rings. The molecule has 0 amide bonds. The highest BCUT2D eigenvalue weighted by Crippen LogP contribution is 1.95. The van der Waals surface area contributed by atoms with E-state index in [0.717, 1.165) is 6.42 Å². The van der Waals surface area contributed by atoms with E-state index in [1.54, 1.807) is 6.92 Å². The van der Waals surface area contributed by atoms with Crippen LogP contribution < -0.4 is 5.73 Å². The molecule has 0 heterocycles. The van der Waals surface area contributed by atoms with Crippen molar-refractivity contribution in [2.75, 3.05) is 6.61 Å². The summed E-state index contributed by atoms with van der Waals surface area (Å²) < 4.78 is 5.18. The van der Waals surface area contributed by atoms with Gasteiger partial charge in [0.15, 0.2) is 5.78 Å². The minimum absolute atomic E-state index is 0.0494. The monoisotopic (exact) mass is 159 g/mol. The molecular formula is C8H17NO2. The van der Waals surface area contributed by atoms with E-state index in [4.69, 9.17) is 10.5 Å². The number of ketones is 1. The van der Waals surface area contributed by atoms with Gasteiger partial charge in [-0.2, -0.15) is 0 Å². The Morgan fingerprint density at radius 1 is 1.64 bits per heavy atom. The van der Waals surface area contributed by atoms with Crippen molar-refractivity contribution in [1.82, 2.24) is 0 Å². The van der Waals surface area contributed by atoms with Crippen molar-refractivity contribution < 1.29 is 9.53 Å². The first-order chi connectivity index (χ1) is 5.07. The fourth-order valence-electron chi connectivity index (χ4n) is 0.503. The van der Waals surface area contributed by atoms with Crippen LogP contribution in [0.15, 0.2) is 0 Å². The predicted octanol–water partition coefficient (Wildman–Crippen LogP) is 0.718. The molecule has 3 heteroatoms. The Morgan fingerprint density at radius 2 is 2.18 bits per heavy atom. The van der Waals surface area contributed by atoms with Crippen LogP contribution >= 0.6 is 0 Å². The number of carbonyl (C=O) groups excluding carboxylic acids is 1. The number of rotatable bonds is 5. The summed E-state index contributed by atoms with van der Waals surface area (Å²) in [4.78, 5) is 10.7. The lowest BCUT2D eigenvalue weighted by molar-refractivity contribution is -0.127. The molecular weight excluding hydrogens is 142 g/mol. The van der Waals surface area contributed by atoms with Gasteiger partial charge in [0.05, 0.1) is 6.61 Å². The Balaban J connectivity index is 3.45. The third kappa shape index (κ3) is 4.93. The lowest BCUT2D eigenvalue weighted by atomic mass is 10.2. The molecule has 2 atom stereocenters. The molecule has 3 nitrogen and oxygen atoms in total. The molecule has 0 rings (SSSR count). The van der Waals surface area contributed by atoms with Crippen LogP contribution in [0.2, 0.25) is 0 Å². The fourth-order valence-corrected chi connectivity index (χ4v) is 0.503. The number of carbonyl (C=O) groups is 1. The van der Waals surface area contributed by atoms with Crippen molar-refractivity contribution in [3.63, 3.8) is 0 Å². The second-order valence-electron chi connectivity index (χ2n) is 2.75. The first-order valence-corrected chi connectivity index (χ1v) is 3.95. The summed E-state index contributed by atoms with van der Waals surface area (Å²) in [7, 11) is 0. The smallest absolute Gasteiger partial charge is 0.158 e. The molecule has 2 unspecified atom stereocenters. The van der Waals surface area contributed by atoms with E-state index in [9.17, 15) is 4.79 Å². The van der Waals surface area contributed by atoms with Gasteiger partial charge in [0, 0.05) is 6.04 Å². The standard InChI is InChI=1S/C8H17NO2/c1-4-8(9)5-11-7(3)6(2)10/h7-8H,4-5,9H2,1-3H3. The maximum atomic E-state index is 10.7. The van der Waals surface area contributed by atoms with Gasteiger partial charge in [0.1, 0.15) is 6.10 Å².